The van der Waals surface area contributed by atoms with Crippen LogP contribution < -0.4 is 0 Å². The van der Waals surface area contributed by atoms with Crippen molar-refractivity contribution in [2.24, 2.45) is 0 Å². The summed E-state index contributed by atoms with van der Waals surface area (Å²) in [6, 6.07) is 15.2. The van der Waals surface area contributed by atoms with Gasteiger partial charge in [0, 0.05) is 0 Å². The van der Waals surface area contributed by atoms with Crippen LogP contribution in [0.3, 0.4) is 0 Å². The van der Waals surface area contributed by atoms with E-state index in [1.54, 1.807) is 0 Å². The predicted octanol–water partition coefficient (Wildman–Crippen LogP) is 5.25. The Morgan fingerprint density at radius 2 is 1.71 bits per heavy atom. The van der Waals surface area contributed by atoms with Gasteiger partial charge < -0.3 is 0 Å². The van der Waals surface area contributed by atoms with Gasteiger partial charge in [-0.15, -0.1) is 0 Å². The Balaban J connectivity index is 1.78. The fourth-order valence-electron chi connectivity index (χ4n) is 3.24. The molecule has 3 rings (SSSR count). The molecule has 0 saturated carbocycles. The van der Waals surface area contributed by atoms with Gasteiger partial charge in [-0.1, -0.05) is 50.5 Å². The Bertz CT molecular complexity index is 691. The monoisotopic (exact) mass is 275 g/mol. The largest absolute Gasteiger partial charge is 0.192 e. The molecule has 2 aromatic carbocycles. The SMILES string of the molecule is CCCCCCc1ccc2c(c1)Cc1cc(C#N)ccc1-2. The molecule has 0 spiro atoms. The third-order valence-corrected chi connectivity index (χ3v) is 4.39. The first-order valence-corrected chi connectivity index (χ1v) is 7.97. The van der Waals surface area contributed by atoms with E-state index >= 15 is 0 Å². The molecule has 1 nitrogen and oxygen atoms in total. The van der Waals surface area contributed by atoms with Gasteiger partial charge in [0.25, 0.3) is 0 Å². The van der Waals surface area contributed by atoms with Gasteiger partial charge in [0.15, 0.2) is 0 Å². The van der Waals surface area contributed by atoms with Gasteiger partial charge in [0.2, 0.25) is 0 Å². The molecule has 0 saturated heterocycles. The van der Waals surface area contributed by atoms with Crippen LogP contribution in [0.15, 0.2) is 36.4 Å². The van der Waals surface area contributed by atoms with Gasteiger partial charge in [-0.3, -0.25) is 0 Å². The molecule has 0 N–H and O–H groups in total. The lowest BCUT2D eigenvalue weighted by atomic mass is 10.00. The summed E-state index contributed by atoms with van der Waals surface area (Å²) in [5.41, 5.74) is 7.60. The third-order valence-electron chi connectivity index (χ3n) is 4.39. The summed E-state index contributed by atoms with van der Waals surface area (Å²) in [5, 5.41) is 9.02. The lowest BCUT2D eigenvalue weighted by molar-refractivity contribution is 0.667. The van der Waals surface area contributed by atoms with Crippen molar-refractivity contribution in [2.75, 3.05) is 0 Å². The van der Waals surface area contributed by atoms with Gasteiger partial charge >= 0.3 is 0 Å². The second-order valence-electron chi connectivity index (χ2n) is 5.96. The normalized spacial score (nSPS) is 11.8. The van der Waals surface area contributed by atoms with Crippen molar-refractivity contribution >= 4 is 0 Å². The number of nitriles is 1. The average Bonchev–Trinajstić information content (AvgIpc) is 2.88. The maximum Gasteiger partial charge on any atom is 0.0991 e. The summed E-state index contributed by atoms with van der Waals surface area (Å²) < 4.78 is 0. The number of hydrogen-bond acceptors (Lipinski definition) is 1. The van der Waals surface area contributed by atoms with Gasteiger partial charge in [-0.2, -0.15) is 5.26 Å². The maximum absolute atomic E-state index is 9.02. The molecule has 0 aromatic heterocycles. The van der Waals surface area contributed by atoms with Crippen molar-refractivity contribution < 1.29 is 0 Å². The van der Waals surface area contributed by atoms with Crippen molar-refractivity contribution in [1.82, 2.24) is 0 Å². The highest BCUT2D eigenvalue weighted by molar-refractivity contribution is 5.77. The van der Waals surface area contributed by atoms with Crippen LogP contribution >= 0.6 is 0 Å². The lowest BCUT2D eigenvalue weighted by Crippen LogP contribution is -1.89. The predicted molar refractivity (Wildman–Crippen MR) is 87.2 cm³/mol. The summed E-state index contributed by atoms with van der Waals surface area (Å²) in [7, 11) is 0. The molecule has 1 aliphatic carbocycles. The third kappa shape index (κ3) is 2.85. The quantitative estimate of drug-likeness (QED) is 0.583. The van der Waals surface area contributed by atoms with Crippen molar-refractivity contribution in [3.63, 3.8) is 0 Å². The molecule has 0 heterocycles. The first-order valence-electron chi connectivity index (χ1n) is 7.97. The smallest absolute Gasteiger partial charge is 0.0991 e. The van der Waals surface area contributed by atoms with E-state index in [1.165, 1.54) is 59.9 Å². The Morgan fingerprint density at radius 1 is 0.952 bits per heavy atom. The van der Waals surface area contributed by atoms with Gasteiger partial charge in [-0.25, -0.2) is 0 Å². The molecule has 0 aliphatic heterocycles. The van der Waals surface area contributed by atoms with Crippen LogP contribution in [0.4, 0.5) is 0 Å². The Kier molecular flexibility index (Phi) is 4.06. The molecule has 106 valence electrons. The minimum Gasteiger partial charge on any atom is -0.192 e. The molecular weight excluding hydrogens is 254 g/mol. The zero-order chi connectivity index (χ0) is 14.7. The first-order chi connectivity index (χ1) is 10.3. The van der Waals surface area contributed by atoms with E-state index in [-0.39, 0.29) is 0 Å². The zero-order valence-corrected chi connectivity index (χ0v) is 12.7. The van der Waals surface area contributed by atoms with Crippen molar-refractivity contribution in [3.05, 3.63) is 58.7 Å². The number of unbranched alkanes of at least 4 members (excludes halogenated alkanes) is 3. The number of hydrogen-bond donors (Lipinski definition) is 0. The molecule has 2 aromatic rings. The van der Waals surface area contributed by atoms with Crippen LogP contribution in [-0.2, 0) is 12.8 Å². The Hall–Kier alpha value is -2.07. The van der Waals surface area contributed by atoms with Crippen LogP contribution in [-0.4, -0.2) is 0 Å². The van der Waals surface area contributed by atoms with Crippen molar-refractivity contribution in [2.45, 2.75) is 45.4 Å². The highest BCUT2D eigenvalue weighted by Gasteiger charge is 2.18. The fraction of sp³-hybridized carbons (Fsp3) is 0.350. The van der Waals surface area contributed by atoms with Crippen LogP contribution in [0.5, 0.6) is 0 Å². The highest BCUT2D eigenvalue weighted by Crippen LogP contribution is 2.37. The van der Waals surface area contributed by atoms with E-state index in [4.69, 9.17) is 5.26 Å². The molecule has 0 unspecified atom stereocenters. The van der Waals surface area contributed by atoms with Crippen LogP contribution in [0, 0.1) is 11.3 Å². The molecule has 1 aliphatic rings. The van der Waals surface area contributed by atoms with E-state index in [2.05, 4.69) is 37.3 Å². The van der Waals surface area contributed by atoms with E-state index in [0.29, 0.717) is 0 Å². The zero-order valence-electron chi connectivity index (χ0n) is 12.7. The number of aryl methyl sites for hydroxylation is 1. The number of nitrogens with zero attached hydrogens (tertiary/aromatic N) is 1. The van der Waals surface area contributed by atoms with Gasteiger partial charge in [0.05, 0.1) is 11.6 Å². The van der Waals surface area contributed by atoms with Gasteiger partial charge in [-0.05, 0) is 59.2 Å². The summed E-state index contributed by atoms with van der Waals surface area (Å²) in [5.74, 6) is 0. The molecule has 0 atom stereocenters. The average molecular weight is 275 g/mol. The molecule has 0 fully saturated rings. The molecule has 21 heavy (non-hydrogen) atoms. The lowest BCUT2D eigenvalue weighted by Gasteiger charge is -2.05. The number of fused-ring (bicyclic) bond motifs is 3. The number of rotatable bonds is 5. The standard InChI is InChI=1S/C20H21N/c1-2-3-4-5-6-15-7-9-19-17(11-15)13-18-12-16(14-21)8-10-20(18)19/h7-12H,2-6,13H2,1H3. The number of benzene rings is 2. The molecule has 0 bridgehead atoms. The minimum atomic E-state index is 0.765. The van der Waals surface area contributed by atoms with Crippen LogP contribution in [0.1, 0.15) is 54.9 Å². The molecule has 0 amide bonds. The highest BCUT2D eigenvalue weighted by atomic mass is 14.3. The summed E-state index contributed by atoms with van der Waals surface area (Å²) >= 11 is 0. The summed E-state index contributed by atoms with van der Waals surface area (Å²) in [4.78, 5) is 0. The van der Waals surface area contributed by atoms with Crippen molar-refractivity contribution in [1.29, 1.82) is 5.26 Å². The summed E-state index contributed by atoms with van der Waals surface area (Å²) in [6.45, 7) is 2.25. The van der Waals surface area contributed by atoms with Crippen LogP contribution in [0.25, 0.3) is 11.1 Å². The summed E-state index contributed by atoms with van der Waals surface area (Å²) in [6.07, 6.45) is 7.42. The first kappa shape index (κ1) is 13.9. The Morgan fingerprint density at radius 3 is 2.48 bits per heavy atom. The fourth-order valence-corrected chi connectivity index (χ4v) is 3.24. The molecular formula is C20H21N. The van der Waals surface area contributed by atoms with Gasteiger partial charge in [0.1, 0.15) is 0 Å². The molecule has 1 heteroatoms. The van der Waals surface area contributed by atoms with E-state index in [0.717, 1.165) is 12.0 Å². The second kappa shape index (κ2) is 6.14. The second-order valence-corrected chi connectivity index (χ2v) is 5.96. The maximum atomic E-state index is 9.02. The van der Waals surface area contributed by atoms with E-state index in [1.807, 2.05) is 12.1 Å². The minimum absolute atomic E-state index is 0.765. The van der Waals surface area contributed by atoms with E-state index in [9.17, 15) is 0 Å². The van der Waals surface area contributed by atoms with Crippen LogP contribution in [0.2, 0.25) is 0 Å². The van der Waals surface area contributed by atoms with Crippen molar-refractivity contribution in [3.8, 4) is 17.2 Å². The molecule has 0 radical (unpaired) electrons. The van der Waals surface area contributed by atoms with E-state index < -0.39 is 0 Å². The topological polar surface area (TPSA) is 23.8 Å². The Labute approximate surface area is 127 Å².